The van der Waals surface area contributed by atoms with Crippen molar-refractivity contribution in [3.8, 4) is 11.5 Å². The summed E-state index contributed by atoms with van der Waals surface area (Å²) in [6, 6.07) is 9.51. The number of carbonyl (C=O) groups is 1. The van der Waals surface area contributed by atoms with Gasteiger partial charge in [-0.05, 0) is 62.4 Å². The molecule has 3 rings (SSSR count). The molecule has 0 aliphatic carbocycles. The lowest BCUT2D eigenvalue weighted by Gasteiger charge is -2.37. The Morgan fingerprint density at radius 2 is 2.03 bits per heavy atom. The summed E-state index contributed by atoms with van der Waals surface area (Å²) in [5.41, 5.74) is 1.16. The average Bonchev–Trinajstić information content (AvgIpc) is 3.30. The van der Waals surface area contributed by atoms with Crippen LogP contribution in [-0.2, 0) is 16.0 Å². The van der Waals surface area contributed by atoms with Crippen LogP contribution in [0.15, 0.2) is 35.7 Å². The van der Waals surface area contributed by atoms with Crippen molar-refractivity contribution in [2.75, 3.05) is 46.5 Å². The molecule has 188 valence electrons. The summed E-state index contributed by atoms with van der Waals surface area (Å²) in [4.78, 5) is 18.8. The Bertz CT molecular complexity index is 903. The van der Waals surface area contributed by atoms with Crippen LogP contribution in [0.4, 0.5) is 0 Å². The first kappa shape index (κ1) is 26.5. The number of ether oxygens (including phenoxy) is 3. The van der Waals surface area contributed by atoms with E-state index in [1.54, 1.807) is 18.4 Å². The molecule has 0 fully saturated rings. The number of aliphatic hydroxyl groups is 1. The first-order valence-corrected chi connectivity index (χ1v) is 12.9. The van der Waals surface area contributed by atoms with E-state index in [4.69, 9.17) is 14.2 Å². The Labute approximate surface area is 207 Å². The number of hydrogen-bond donors (Lipinski definition) is 1. The van der Waals surface area contributed by atoms with E-state index in [1.807, 2.05) is 47.9 Å². The van der Waals surface area contributed by atoms with E-state index >= 15 is 0 Å². The molecule has 1 aliphatic rings. The smallest absolute Gasteiger partial charge is 0.237 e. The molecule has 0 radical (unpaired) electrons. The third-order valence-electron chi connectivity index (χ3n) is 5.87. The van der Waals surface area contributed by atoms with Crippen LogP contribution in [-0.4, -0.2) is 79.5 Å². The lowest BCUT2D eigenvalue weighted by atomic mass is 10.0. The van der Waals surface area contributed by atoms with Crippen molar-refractivity contribution < 1.29 is 24.1 Å². The molecule has 0 saturated heterocycles. The van der Waals surface area contributed by atoms with Crippen molar-refractivity contribution in [3.05, 3.63) is 46.2 Å². The Hall–Kier alpha value is -2.13. The summed E-state index contributed by atoms with van der Waals surface area (Å²) in [5, 5.41) is 12.5. The van der Waals surface area contributed by atoms with Crippen LogP contribution in [0.25, 0.3) is 0 Å². The van der Waals surface area contributed by atoms with Crippen molar-refractivity contribution >= 4 is 17.2 Å². The van der Waals surface area contributed by atoms with Crippen molar-refractivity contribution in [3.63, 3.8) is 0 Å². The fraction of sp³-hybridized carbons (Fsp3) is 0.577. The quantitative estimate of drug-likeness (QED) is 0.461. The maximum Gasteiger partial charge on any atom is 0.237 e. The minimum Gasteiger partial charge on any atom is -0.493 e. The molecule has 2 atom stereocenters. The highest BCUT2D eigenvalue weighted by Crippen LogP contribution is 2.35. The molecule has 0 bridgehead atoms. The van der Waals surface area contributed by atoms with Gasteiger partial charge in [-0.25, -0.2) is 0 Å². The molecule has 2 unspecified atom stereocenters. The van der Waals surface area contributed by atoms with Crippen molar-refractivity contribution in [2.24, 2.45) is 0 Å². The van der Waals surface area contributed by atoms with Crippen molar-refractivity contribution in [1.29, 1.82) is 0 Å². The number of benzene rings is 1. The zero-order valence-electron chi connectivity index (χ0n) is 20.7. The minimum absolute atomic E-state index is 0.0518. The van der Waals surface area contributed by atoms with Crippen LogP contribution < -0.4 is 9.47 Å². The largest absolute Gasteiger partial charge is 0.493 e. The molecule has 1 N–H and O–H groups in total. The number of thiophene rings is 1. The van der Waals surface area contributed by atoms with E-state index < -0.39 is 6.10 Å². The van der Waals surface area contributed by atoms with Gasteiger partial charge in [0.2, 0.25) is 5.91 Å². The van der Waals surface area contributed by atoms with E-state index in [9.17, 15) is 9.90 Å². The number of para-hydroxylation sites is 2. The summed E-state index contributed by atoms with van der Waals surface area (Å²) in [6.45, 7) is 8.67. The van der Waals surface area contributed by atoms with E-state index in [1.165, 1.54) is 4.88 Å². The third kappa shape index (κ3) is 7.18. The van der Waals surface area contributed by atoms with Crippen LogP contribution >= 0.6 is 11.3 Å². The first-order chi connectivity index (χ1) is 16.4. The molecule has 1 aromatic heterocycles. The second-order valence-corrected chi connectivity index (χ2v) is 9.89. The maximum absolute atomic E-state index is 13.5. The summed E-state index contributed by atoms with van der Waals surface area (Å²) < 4.78 is 17.1. The van der Waals surface area contributed by atoms with Gasteiger partial charge >= 0.3 is 0 Å². The Kier molecular flexibility index (Phi) is 10.2. The molecule has 2 aromatic rings. The predicted octanol–water partition coefficient (Wildman–Crippen LogP) is 3.76. The minimum atomic E-state index is -0.628. The van der Waals surface area contributed by atoms with Crippen LogP contribution in [0.1, 0.15) is 43.7 Å². The van der Waals surface area contributed by atoms with Gasteiger partial charge in [-0.1, -0.05) is 19.1 Å². The van der Waals surface area contributed by atoms with Gasteiger partial charge < -0.3 is 24.2 Å². The van der Waals surface area contributed by atoms with Gasteiger partial charge in [-0.15, -0.1) is 11.3 Å². The molecule has 1 aliphatic heterocycles. The number of rotatable bonds is 13. The third-order valence-corrected chi connectivity index (χ3v) is 6.87. The van der Waals surface area contributed by atoms with Gasteiger partial charge in [0.15, 0.2) is 11.5 Å². The van der Waals surface area contributed by atoms with Crippen molar-refractivity contribution in [2.45, 2.75) is 51.9 Å². The molecular weight excluding hydrogens is 452 g/mol. The van der Waals surface area contributed by atoms with E-state index in [0.717, 1.165) is 24.9 Å². The summed E-state index contributed by atoms with van der Waals surface area (Å²) in [7, 11) is 1.62. The van der Waals surface area contributed by atoms with Gasteiger partial charge in [0, 0.05) is 18.0 Å². The standard InChI is InChI=1S/C26H38N2O5S/c1-5-12-27(15-20(29)17-32-19(2)3)16-26(30)28-13-10-25-21(11-14-34-25)22(28)18-33-24-9-7-6-8-23(24)31-4/h6-9,11,14,19-20,22,29H,5,10,12-13,15-18H2,1-4H3. The highest BCUT2D eigenvalue weighted by Gasteiger charge is 2.33. The highest BCUT2D eigenvalue weighted by atomic mass is 32.1. The number of amides is 1. The molecule has 2 heterocycles. The van der Waals surface area contributed by atoms with Gasteiger partial charge in [0.05, 0.1) is 38.5 Å². The molecule has 1 aromatic carbocycles. The van der Waals surface area contributed by atoms with Crippen molar-refractivity contribution in [1.82, 2.24) is 9.80 Å². The second kappa shape index (κ2) is 13.1. The van der Waals surface area contributed by atoms with Crippen LogP contribution in [0.2, 0.25) is 0 Å². The summed E-state index contributed by atoms with van der Waals surface area (Å²) in [5.74, 6) is 1.39. The molecule has 1 amide bonds. The molecule has 0 saturated carbocycles. The monoisotopic (exact) mass is 490 g/mol. The average molecular weight is 491 g/mol. The van der Waals surface area contributed by atoms with Gasteiger partial charge in [-0.2, -0.15) is 0 Å². The van der Waals surface area contributed by atoms with Crippen LogP contribution in [0, 0.1) is 0 Å². The SMILES string of the molecule is CCCN(CC(=O)N1CCc2sccc2C1COc1ccccc1OC)CC(O)COC(C)C. The maximum atomic E-state index is 13.5. The number of nitrogens with zero attached hydrogens (tertiary/aromatic N) is 2. The summed E-state index contributed by atoms with van der Waals surface area (Å²) in [6.07, 6.45) is 1.19. The van der Waals surface area contributed by atoms with Crippen LogP contribution in [0.5, 0.6) is 11.5 Å². The Morgan fingerprint density at radius 3 is 2.74 bits per heavy atom. The predicted molar refractivity (Wildman–Crippen MR) is 135 cm³/mol. The molecule has 7 nitrogen and oxygen atoms in total. The number of methoxy groups -OCH3 is 1. The zero-order chi connectivity index (χ0) is 24.5. The Balaban J connectivity index is 1.70. The number of fused-ring (bicyclic) bond motifs is 1. The van der Waals surface area contributed by atoms with Gasteiger partial charge in [0.1, 0.15) is 6.61 Å². The normalized spacial score (nSPS) is 16.6. The first-order valence-electron chi connectivity index (χ1n) is 12.1. The fourth-order valence-electron chi connectivity index (χ4n) is 4.27. The number of carbonyl (C=O) groups excluding carboxylic acids is 1. The lowest BCUT2D eigenvalue weighted by molar-refractivity contribution is -0.136. The Morgan fingerprint density at radius 1 is 1.26 bits per heavy atom. The topological polar surface area (TPSA) is 71.5 Å². The van der Waals surface area contributed by atoms with E-state index in [-0.39, 0.29) is 31.2 Å². The number of aliphatic hydroxyl groups excluding tert-OH is 1. The second-order valence-electron chi connectivity index (χ2n) is 8.88. The fourth-order valence-corrected chi connectivity index (χ4v) is 5.20. The van der Waals surface area contributed by atoms with E-state index in [0.29, 0.717) is 31.2 Å². The van der Waals surface area contributed by atoms with Gasteiger partial charge in [0.25, 0.3) is 0 Å². The molecule has 34 heavy (non-hydrogen) atoms. The number of hydrogen-bond acceptors (Lipinski definition) is 7. The molecule has 8 heteroatoms. The zero-order valence-corrected chi connectivity index (χ0v) is 21.6. The van der Waals surface area contributed by atoms with Gasteiger partial charge in [-0.3, -0.25) is 9.69 Å². The van der Waals surface area contributed by atoms with Crippen LogP contribution in [0.3, 0.4) is 0 Å². The summed E-state index contributed by atoms with van der Waals surface area (Å²) >= 11 is 1.73. The highest BCUT2D eigenvalue weighted by molar-refractivity contribution is 7.10. The molecule has 0 spiro atoms. The lowest BCUT2D eigenvalue weighted by Crippen LogP contribution is -2.48. The van der Waals surface area contributed by atoms with E-state index in [2.05, 4.69) is 18.4 Å². The molecular formula is C26H38N2O5S.